The van der Waals surface area contributed by atoms with E-state index in [-0.39, 0.29) is 6.10 Å². The minimum atomic E-state index is -0.146. The van der Waals surface area contributed by atoms with E-state index in [2.05, 4.69) is 25.1 Å². The quantitative estimate of drug-likeness (QED) is 0.784. The molecule has 0 radical (unpaired) electrons. The van der Waals surface area contributed by atoms with Crippen LogP contribution in [0.1, 0.15) is 48.2 Å². The van der Waals surface area contributed by atoms with Crippen LogP contribution in [0, 0.1) is 13.8 Å². The number of methoxy groups -OCH3 is 1. The molecule has 1 saturated heterocycles. The fraction of sp³-hybridized carbons (Fsp3) is 0.706. The molecule has 0 aliphatic carbocycles. The highest BCUT2D eigenvalue weighted by Gasteiger charge is 2.20. The summed E-state index contributed by atoms with van der Waals surface area (Å²) in [7, 11) is 1.64. The van der Waals surface area contributed by atoms with Crippen molar-refractivity contribution in [3.8, 4) is 0 Å². The van der Waals surface area contributed by atoms with Crippen molar-refractivity contribution in [1.82, 2.24) is 25.1 Å². The highest BCUT2D eigenvalue weighted by Crippen LogP contribution is 2.17. The average molecular weight is 349 g/mol. The molecule has 3 rings (SSSR count). The molecule has 0 bridgehead atoms. The molecule has 1 fully saturated rings. The van der Waals surface area contributed by atoms with E-state index in [0.717, 1.165) is 50.6 Å². The van der Waals surface area contributed by atoms with E-state index in [4.69, 9.17) is 13.8 Å². The van der Waals surface area contributed by atoms with Crippen LogP contribution in [-0.4, -0.2) is 58.4 Å². The fourth-order valence-electron chi connectivity index (χ4n) is 3.09. The Balaban J connectivity index is 1.54. The van der Waals surface area contributed by atoms with Gasteiger partial charge in [0.2, 0.25) is 5.89 Å². The Morgan fingerprint density at radius 3 is 2.40 bits per heavy atom. The molecule has 2 aromatic heterocycles. The van der Waals surface area contributed by atoms with Gasteiger partial charge in [-0.1, -0.05) is 10.3 Å². The lowest BCUT2D eigenvalue weighted by Crippen LogP contribution is -2.30. The van der Waals surface area contributed by atoms with E-state index in [0.29, 0.717) is 18.3 Å². The lowest BCUT2D eigenvalue weighted by atomic mass is 10.2. The second-order valence-corrected chi connectivity index (χ2v) is 6.63. The molecule has 0 aromatic carbocycles. The highest BCUT2D eigenvalue weighted by molar-refractivity contribution is 5.20. The molecular weight excluding hydrogens is 322 g/mol. The maximum absolute atomic E-state index is 5.36. The van der Waals surface area contributed by atoms with Crippen LogP contribution in [-0.2, 0) is 17.8 Å². The number of ether oxygens (including phenoxy) is 1. The second-order valence-electron chi connectivity index (χ2n) is 6.63. The van der Waals surface area contributed by atoms with Gasteiger partial charge in [0.05, 0.1) is 12.2 Å². The van der Waals surface area contributed by atoms with Gasteiger partial charge in [0.15, 0.2) is 5.82 Å². The minimum Gasteiger partial charge on any atom is -0.374 e. The van der Waals surface area contributed by atoms with Crippen molar-refractivity contribution in [3.05, 3.63) is 28.7 Å². The van der Waals surface area contributed by atoms with Crippen LogP contribution in [0.3, 0.4) is 0 Å². The van der Waals surface area contributed by atoms with Gasteiger partial charge in [-0.3, -0.25) is 9.80 Å². The summed E-state index contributed by atoms with van der Waals surface area (Å²) in [5, 5.41) is 8.04. The number of nitrogens with zero attached hydrogens (tertiary/aromatic N) is 5. The summed E-state index contributed by atoms with van der Waals surface area (Å²) in [6, 6.07) is 0. The first kappa shape index (κ1) is 18.0. The van der Waals surface area contributed by atoms with Crippen molar-refractivity contribution in [1.29, 1.82) is 0 Å². The van der Waals surface area contributed by atoms with E-state index in [1.807, 2.05) is 20.8 Å². The third-order valence-corrected chi connectivity index (χ3v) is 4.80. The van der Waals surface area contributed by atoms with E-state index >= 15 is 0 Å². The lowest BCUT2D eigenvalue weighted by Gasteiger charge is -2.20. The molecule has 1 atom stereocenters. The molecule has 8 heteroatoms. The molecule has 8 nitrogen and oxygen atoms in total. The first-order valence-electron chi connectivity index (χ1n) is 8.78. The summed E-state index contributed by atoms with van der Waals surface area (Å²) in [5.74, 6) is 2.18. The Bertz CT molecular complexity index is 664. The Labute approximate surface area is 148 Å². The number of aromatic nitrogens is 3. The van der Waals surface area contributed by atoms with Crippen molar-refractivity contribution in [3.63, 3.8) is 0 Å². The Hall–Kier alpha value is -1.77. The smallest absolute Gasteiger partial charge is 0.240 e. The number of hydrogen-bond donors (Lipinski definition) is 0. The average Bonchev–Trinajstić information content (AvgIpc) is 3.11. The van der Waals surface area contributed by atoms with Gasteiger partial charge >= 0.3 is 0 Å². The van der Waals surface area contributed by atoms with Crippen molar-refractivity contribution < 1.29 is 13.8 Å². The Kier molecular flexibility index (Phi) is 5.82. The molecule has 138 valence electrons. The molecule has 0 N–H and O–H groups in total. The molecule has 0 spiro atoms. The van der Waals surface area contributed by atoms with Gasteiger partial charge in [0.1, 0.15) is 11.9 Å². The second kappa shape index (κ2) is 8.07. The van der Waals surface area contributed by atoms with Crippen molar-refractivity contribution >= 4 is 0 Å². The maximum atomic E-state index is 5.36. The van der Waals surface area contributed by atoms with Gasteiger partial charge in [-0.15, -0.1) is 0 Å². The Morgan fingerprint density at radius 2 is 1.76 bits per heavy atom. The molecule has 3 heterocycles. The van der Waals surface area contributed by atoms with Crippen LogP contribution in [0.4, 0.5) is 0 Å². The van der Waals surface area contributed by atoms with Gasteiger partial charge in [-0.25, -0.2) is 0 Å². The standard InChI is InChI=1S/C17H27N5O3/c1-12-15(13(2)24-19-12)10-21-6-5-7-22(9-8-21)11-16-18-17(20-25-16)14(3)23-4/h14H,5-11H2,1-4H3. The minimum absolute atomic E-state index is 0.146. The summed E-state index contributed by atoms with van der Waals surface area (Å²) in [6.07, 6.45) is 0.964. The first-order chi connectivity index (χ1) is 12.1. The van der Waals surface area contributed by atoms with Crippen LogP contribution in [0.5, 0.6) is 0 Å². The fourth-order valence-corrected chi connectivity index (χ4v) is 3.09. The third kappa shape index (κ3) is 4.45. The normalized spacial score (nSPS) is 18.4. The molecule has 2 aromatic rings. The molecule has 0 saturated carbocycles. The lowest BCUT2D eigenvalue weighted by molar-refractivity contribution is 0.109. The summed E-state index contributed by atoms with van der Waals surface area (Å²) in [5.41, 5.74) is 2.20. The van der Waals surface area contributed by atoms with Crippen LogP contribution in [0.25, 0.3) is 0 Å². The van der Waals surface area contributed by atoms with Crippen molar-refractivity contribution in [2.24, 2.45) is 0 Å². The zero-order chi connectivity index (χ0) is 17.8. The first-order valence-corrected chi connectivity index (χ1v) is 8.78. The highest BCUT2D eigenvalue weighted by atomic mass is 16.5. The van der Waals surface area contributed by atoms with Crippen molar-refractivity contribution in [2.75, 3.05) is 33.3 Å². The summed E-state index contributed by atoms with van der Waals surface area (Å²) >= 11 is 0. The predicted octanol–water partition coefficient (Wildman–Crippen LogP) is 2.09. The van der Waals surface area contributed by atoms with E-state index in [1.165, 1.54) is 5.56 Å². The third-order valence-electron chi connectivity index (χ3n) is 4.80. The van der Waals surface area contributed by atoms with Gasteiger partial charge < -0.3 is 13.8 Å². The molecular formula is C17H27N5O3. The van der Waals surface area contributed by atoms with E-state index in [1.54, 1.807) is 7.11 Å². The van der Waals surface area contributed by atoms with Gasteiger partial charge in [0, 0.05) is 32.3 Å². The van der Waals surface area contributed by atoms with Crippen LogP contribution in [0.15, 0.2) is 9.05 Å². The SMILES string of the molecule is COC(C)c1noc(CN2CCCN(Cc3c(C)noc3C)CC2)n1. The summed E-state index contributed by atoms with van der Waals surface area (Å²) in [4.78, 5) is 9.25. The monoisotopic (exact) mass is 349 g/mol. The largest absolute Gasteiger partial charge is 0.374 e. The molecule has 1 aliphatic heterocycles. The van der Waals surface area contributed by atoms with Crippen molar-refractivity contribution in [2.45, 2.75) is 46.4 Å². The number of rotatable bonds is 6. The summed E-state index contributed by atoms with van der Waals surface area (Å²) in [6.45, 7) is 11.5. The van der Waals surface area contributed by atoms with Crippen LogP contribution in [0.2, 0.25) is 0 Å². The predicted molar refractivity (Wildman–Crippen MR) is 90.9 cm³/mol. The summed E-state index contributed by atoms with van der Waals surface area (Å²) < 4.78 is 15.9. The van der Waals surface area contributed by atoms with E-state index in [9.17, 15) is 0 Å². The molecule has 1 aliphatic rings. The number of hydrogen-bond acceptors (Lipinski definition) is 8. The Morgan fingerprint density at radius 1 is 1.04 bits per heavy atom. The zero-order valence-electron chi connectivity index (χ0n) is 15.5. The topological polar surface area (TPSA) is 80.7 Å². The van der Waals surface area contributed by atoms with Gasteiger partial charge in [-0.2, -0.15) is 4.98 Å². The molecule has 25 heavy (non-hydrogen) atoms. The molecule has 0 amide bonds. The van der Waals surface area contributed by atoms with Gasteiger partial charge in [-0.05, 0) is 40.3 Å². The zero-order valence-corrected chi connectivity index (χ0v) is 15.5. The maximum Gasteiger partial charge on any atom is 0.240 e. The van der Waals surface area contributed by atoms with Gasteiger partial charge in [0.25, 0.3) is 0 Å². The number of aryl methyl sites for hydroxylation is 2. The van der Waals surface area contributed by atoms with Crippen LogP contribution >= 0.6 is 0 Å². The van der Waals surface area contributed by atoms with E-state index < -0.39 is 0 Å². The molecule has 1 unspecified atom stereocenters. The van der Waals surface area contributed by atoms with Crippen LogP contribution < -0.4 is 0 Å².